The van der Waals surface area contributed by atoms with Crippen LogP contribution in [0, 0.1) is 0 Å². The summed E-state index contributed by atoms with van der Waals surface area (Å²) in [6.07, 6.45) is 6.41. The molecule has 2 heterocycles. The Labute approximate surface area is 100.0 Å². The van der Waals surface area contributed by atoms with Crippen LogP contribution in [0.15, 0.2) is 0 Å². The highest BCUT2D eigenvalue weighted by Crippen LogP contribution is 2.32. The molecule has 98 valence electrons. The molecule has 3 N–H and O–H groups in total. The van der Waals surface area contributed by atoms with Gasteiger partial charge in [-0.3, -0.25) is 0 Å². The lowest BCUT2D eigenvalue weighted by Crippen LogP contribution is -2.45. The molecule has 0 bridgehead atoms. The first-order valence-corrected chi connectivity index (χ1v) is 5.87. The van der Waals surface area contributed by atoms with Crippen molar-refractivity contribution in [2.24, 2.45) is 0 Å². The van der Waals surface area contributed by atoms with Crippen LogP contribution in [0.4, 0.5) is 0 Å². The maximum Gasteiger partial charge on any atom is 0.414 e. The largest absolute Gasteiger partial charge is 0.473 e. The number of carboxylic acids is 2. The van der Waals surface area contributed by atoms with Crippen molar-refractivity contribution in [1.82, 2.24) is 5.32 Å². The van der Waals surface area contributed by atoms with Crippen LogP contribution >= 0.6 is 0 Å². The molecule has 0 aliphatic carbocycles. The van der Waals surface area contributed by atoms with E-state index < -0.39 is 11.9 Å². The summed E-state index contributed by atoms with van der Waals surface area (Å²) in [5.41, 5.74) is 0.295. The molecule has 17 heavy (non-hydrogen) atoms. The Kier molecular flexibility index (Phi) is 5.37. The first-order chi connectivity index (χ1) is 8.06. The van der Waals surface area contributed by atoms with Crippen molar-refractivity contribution < 1.29 is 24.5 Å². The van der Waals surface area contributed by atoms with E-state index in [4.69, 9.17) is 24.5 Å². The lowest BCUT2D eigenvalue weighted by atomic mass is 9.85. The number of hydrogen-bond donors (Lipinski definition) is 3. The number of carbonyl (C=O) groups is 2. The first kappa shape index (κ1) is 13.9. The van der Waals surface area contributed by atoms with Crippen molar-refractivity contribution in [1.29, 1.82) is 0 Å². The standard InChI is InChI=1S/C9H17NO.C2H2O4/c1-2-8-11-9(3-1)4-6-10-7-5-9;3-1(4)2(5)6/h10H,1-8H2;(H,3,4)(H,5,6). The lowest BCUT2D eigenvalue weighted by molar-refractivity contribution is -0.159. The molecule has 0 aromatic heterocycles. The Morgan fingerprint density at radius 1 is 1.00 bits per heavy atom. The minimum absolute atomic E-state index is 0.295. The van der Waals surface area contributed by atoms with E-state index in [0.29, 0.717) is 5.60 Å². The monoisotopic (exact) mass is 245 g/mol. The van der Waals surface area contributed by atoms with Gasteiger partial charge < -0.3 is 20.3 Å². The minimum atomic E-state index is -1.82. The van der Waals surface area contributed by atoms with Crippen molar-refractivity contribution >= 4 is 11.9 Å². The van der Waals surface area contributed by atoms with Gasteiger partial charge in [0.1, 0.15) is 0 Å². The van der Waals surface area contributed by atoms with Gasteiger partial charge in [0.15, 0.2) is 0 Å². The zero-order chi connectivity index (χ0) is 12.7. The zero-order valence-electron chi connectivity index (χ0n) is 9.78. The number of piperidine rings is 1. The summed E-state index contributed by atoms with van der Waals surface area (Å²) in [5, 5.41) is 18.2. The van der Waals surface area contributed by atoms with Crippen LogP contribution < -0.4 is 5.32 Å². The summed E-state index contributed by atoms with van der Waals surface area (Å²) in [6, 6.07) is 0. The predicted molar refractivity (Wildman–Crippen MR) is 59.9 cm³/mol. The summed E-state index contributed by atoms with van der Waals surface area (Å²) >= 11 is 0. The van der Waals surface area contributed by atoms with Crippen LogP contribution in [-0.2, 0) is 14.3 Å². The average Bonchev–Trinajstić information content (AvgIpc) is 2.31. The highest BCUT2D eigenvalue weighted by atomic mass is 16.5. The van der Waals surface area contributed by atoms with Gasteiger partial charge in [0.25, 0.3) is 0 Å². The van der Waals surface area contributed by atoms with E-state index in [-0.39, 0.29) is 0 Å². The SMILES string of the molecule is C1CCC2(CCNCC2)OC1.O=C(O)C(=O)O. The molecular formula is C11H19NO5. The minimum Gasteiger partial charge on any atom is -0.473 e. The summed E-state index contributed by atoms with van der Waals surface area (Å²) in [5.74, 6) is -3.65. The molecule has 0 amide bonds. The molecule has 2 rings (SSSR count). The van der Waals surface area contributed by atoms with Gasteiger partial charge in [-0.25, -0.2) is 9.59 Å². The second-order valence-electron chi connectivity index (χ2n) is 4.35. The van der Waals surface area contributed by atoms with E-state index in [2.05, 4.69) is 5.32 Å². The van der Waals surface area contributed by atoms with E-state index >= 15 is 0 Å². The summed E-state index contributed by atoms with van der Waals surface area (Å²) in [6.45, 7) is 3.31. The Morgan fingerprint density at radius 3 is 2.00 bits per heavy atom. The van der Waals surface area contributed by atoms with E-state index in [1.807, 2.05) is 0 Å². The van der Waals surface area contributed by atoms with Gasteiger partial charge in [0.05, 0.1) is 5.60 Å². The summed E-state index contributed by atoms with van der Waals surface area (Å²) in [7, 11) is 0. The summed E-state index contributed by atoms with van der Waals surface area (Å²) < 4.78 is 5.87. The molecule has 2 saturated heterocycles. The number of aliphatic carboxylic acids is 2. The molecule has 0 radical (unpaired) electrons. The molecular weight excluding hydrogens is 226 g/mol. The fraction of sp³-hybridized carbons (Fsp3) is 0.818. The van der Waals surface area contributed by atoms with Crippen molar-refractivity contribution in [2.45, 2.75) is 37.7 Å². The predicted octanol–water partition coefficient (Wildman–Crippen LogP) is 0.465. The summed E-state index contributed by atoms with van der Waals surface area (Å²) in [4.78, 5) is 18.2. The van der Waals surface area contributed by atoms with Crippen molar-refractivity contribution in [3.05, 3.63) is 0 Å². The maximum atomic E-state index is 9.10. The molecule has 2 aliphatic heterocycles. The molecule has 2 fully saturated rings. The Morgan fingerprint density at radius 2 is 1.59 bits per heavy atom. The van der Waals surface area contributed by atoms with E-state index in [0.717, 1.165) is 19.7 Å². The van der Waals surface area contributed by atoms with Crippen LogP contribution in [0.25, 0.3) is 0 Å². The van der Waals surface area contributed by atoms with E-state index in [1.54, 1.807) is 0 Å². The smallest absolute Gasteiger partial charge is 0.414 e. The highest BCUT2D eigenvalue weighted by Gasteiger charge is 2.34. The number of hydrogen-bond acceptors (Lipinski definition) is 4. The van der Waals surface area contributed by atoms with Crippen LogP contribution in [0.3, 0.4) is 0 Å². The Bertz CT molecular complexity index is 236. The average molecular weight is 245 g/mol. The quantitative estimate of drug-likeness (QED) is 0.537. The molecule has 0 aromatic rings. The van der Waals surface area contributed by atoms with Gasteiger partial charge in [0.2, 0.25) is 0 Å². The molecule has 6 heteroatoms. The second kappa shape index (κ2) is 6.56. The lowest BCUT2D eigenvalue weighted by Gasteiger charge is -2.40. The van der Waals surface area contributed by atoms with Crippen molar-refractivity contribution in [2.75, 3.05) is 19.7 Å². The van der Waals surface area contributed by atoms with Gasteiger partial charge >= 0.3 is 11.9 Å². The Balaban J connectivity index is 0.000000209. The number of ether oxygens (including phenoxy) is 1. The van der Waals surface area contributed by atoms with Gasteiger partial charge in [-0.1, -0.05) is 0 Å². The van der Waals surface area contributed by atoms with E-state index in [1.165, 1.54) is 32.1 Å². The third-order valence-electron chi connectivity index (χ3n) is 3.13. The van der Waals surface area contributed by atoms with Gasteiger partial charge in [-0.05, 0) is 45.2 Å². The fourth-order valence-corrected chi connectivity index (χ4v) is 2.19. The van der Waals surface area contributed by atoms with Crippen LogP contribution in [0.1, 0.15) is 32.1 Å². The molecule has 0 aromatic carbocycles. The fourth-order valence-electron chi connectivity index (χ4n) is 2.19. The van der Waals surface area contributed by atoms with Crippen molar-refractivity contribution in [3.8, 4) is 0 Å². The van der Waals surface area contributed by atoms with Gasteiger partial charge in [-0.2, -0.15) is 0 Å². The van der Waals surface area contributed by atoms with Crippen molar-refractivity contribution in [3.63, 3.8) is 0 Å². The molecule has 0 unspecified atom stereocenters. The number of rotatable bonds is 0. The van der Waals surface area contributed by atoms with Crippen LogP contribution in [0.2, 0.25) is 0 Å². The third-order valence-corrected chi connectivity index (χ3v) is 3.13. The zero-order valence-corrected chi connectivity index (χ0v) is 9.78. The van der Waals surface area contributed by atoms with Crippen LogP contribution in [-0.4, -0.2) is 47.4 Å². The normalized spacial score (nSPS) is 22.4. The van der Waals surface area contributed by atoms with Crippen LogP contribution in [0.5, 0.6) is 0 Å². The van der Waals surface area contributed by atoms with E-state index in [9.17, 15) is 0 Å². The topological polar surface area (TPSA) is 95.9 Å². The Hall–Kier alpha value is -1.14. The van der Waals surface area contributed by atoms with Gasteiger partial charge in [-0.15, -0.1) is 0 Å². The molecule has 6 nitrogen and oxygen atoms in total. The molecule has 1 spiro atoms. The number of nitrogens with one attached hydrogen (secondary N) is 1. The molecule has 0 saturated carbocycles. The second-order valence-corrected chi connectivity index (χ2v) is 4.35. The number of carboxylic acid groups (broad SMARTS) is 2. The first-order valence-electron chi connectivity index (χ1n) is 5.87. The maximum absolute atomic E-state index is 9.10. The molecule has 0 atom stereocenters. The highest BCUT2D eigenvalue weighted by molar-refractivity contribution is 6.27. The molecule has 2 aliphatic rings. The third kappa shape index (κ3) is 4.70. The van der Waals surface area contributed by atoms with Gasteiger partial charge in [0, 0.05) is 6.61 Å².